The summed E-state index contributed by atoms with van der Waals surface area (Å²) < 4.78 is 5.53. The van der Waals surface area contributed by atoms with Crippen LogP contribution in [0.1, 0.15) is 41.5 Å². The molecular formula is C16H24N2O. The first-order valence-corrected chi connectivity index (χ1v) is 7.01. The molecule has 0 amide bonds. The van der Waals surface area contributed by atoms with Gasteiger partial charge in [-0.25, -0.2) is 0 Å². The third-order valence-corrected chi connectivity index (χ3v) is 2.08. The fraction of sp³-hybridized carbons (Fsp3) is 0.375. The van der Waals surface area contributed by atoms with Crippen molar-refractivity contribution in [1.82, 2.24) is 9.97 Å². The molecule has 104 valence electrons. The van der Waals surface area contributed by atoms with Gasteiger partial charge in [0.05, 0.1) is 12.4 Å². The zero-order valence-corrected chi connectivity index (χ0v) is 12.8. The van der Waals surface area contributed by atoms with Crippen molar-refractivity contribution >= 4 is 21.9 Å². The molecule has 0 bridgehead atoms. The summed E-state index contributed by atoms with van der Waals surface area (Å²) in [6.07, 6.45) is 6.96. The second-order valence-corrected chi connectivity index (χ2v) is 2.85. The minimum absolute atomic E-state index is 0.811. The van der Waals surface area contributed by atoms with Crippen LogP contribution in [0.25, 0.3) is 21.9 Å². The number of furan rings is 1. The van der Waals surface area contributed by atoms with Gasteiger partial charge in [0.2, 0.25) is 0 Å². The molecule has 0 aliphatic rings. The smallest absolute Gasteiger partial charge is 0.153 e. The highest BCUT2D eigenvalue weighted by Crippen LogP contribution is 2.26. The van der Waals surface area contributed by atoms with Crippen molar-refractivity contribution in [3.8, 4) is 0 Å². The summed E-state index contributed by atoms with van der Waals surface area (Å²) in [5.41, 5.74) is 1.62. The molecule has 0 fully saturated rings. The lowest BCUT2D eigenvalue weighted by Crippen LogP contribution is -1.69. The lowest BCUT2D eigenvalue weighted by molar-refractivity contribution is 0.665. The molecule has 0 radical (unpaired) electrons. The van der Waals surface area contributed by atoms with Crippen LogP contribution >= 0.6 is 0 Å². The number of aromatic nitrogens is 2. The summed E-state index contributed by atoms with van der Waals surface area (Å²) in [7, 11) is 0. The lowest BCUT2D eigenvalue weighted by atomic mass is 10.2. The van der Waals surface area contributed by atoms with E-state index in [0.29, 0.717) is 0 Å². The monoisotopic (exact) mass is 260 g/mol. The summed E-state index contributed by atoms with van der Waals surface area (Å²) >= 11 is 0. The zero-order chi connectivity index (χ0) is 14.7. The standard InChI is InChI=1S/C10H6N2O.3C2H6/c1-3-11-5-9-7(1)8-2-4-12-6-10(8)13-9;3*1-2/h1-6H;3*1-2H3. The van der Waals surface area contributed by atoms with Crippen molar-refractivity contribution in [1.29, 1.82) is 0 Å². The minimum Gasteiger partial charge on any atom is -0.453 e. The molecule has 3 rings (SSSR count). The Balaban J connectivity index is 0.000000482. The van der Waals surface area contributed by atoms with Crippen LogP contribution < -0.4 is 0 Å². The summed E-state index contributed by atoms with van der Waals surface area (Å²) in [4.78, 5) is 7.99. The third kappa shape index (κ3) is 4.05. The topological polar surface area (TPSA) is 38.9 Å². The van der Waals surface area contributed by atoms with E-state index < -0.39 is 0 Å². The average Bonchev–Trinajstić information content (AvgIpc) is 2.92. The average molecular weight is 260 g/mol. The predicted octanol–water partition coefficient (Wildman–Crippen LogP) is 5.45. The van der Waals surface area contributed by atoms with Crippen LogP contribution in [0.3, 0.4) is 0 Å². The number of fused-ring (bicyclic) bond motifs is 3. The van der Waals surface area contributed by atoms with E-state index >= 15 is 0 Å². The second kappa shape index (κ2) is 10.1. The number of hydrogen-bond acceptors (Lipinski definition) is 3. The van der Waals surface area contributed by atoms with Gasteiger partial charge in [0.15, 0.2) is 11.2 Å². The first-order valence-electron chi connectivity index (χ1n) is 7.01. The van der Waals surface area contributed by atoms with E-state index in [1.165, 1.54) is 0 Å². The van der Waals surface area contributed by atoms with Crippen molar-refractivity contribution in [3.05, 3.63) is 36.9 Å². The Labute approximate surface area is 115 Å². The summed E-state index contributed by atoms with van der Waals surface area (Å²) in [6, 6.07) is 3.89. The molecule has 0 spiro atoms. The van der Waals surface area contributed by atoms with E-state index in [0.717, 1.165) is 21.9 Å². The second-order valence-electron chi connectivity index (χ2n) is 2.85. The maximum absolute atomic E-state index is 5.53. The van der Waals surface area contributed by atoms with Gasteiger partial charge in [-0.1, -0.05) is 41.5 Å². The van der Waals surface area contributed by atoms with Gasteiger partial charge in [-0.05, 0) is 12.1 Å². The van der Waals surface area contributed by atoms with E-state index in [-0.39, 0.29) is 0 Å². The molecule has 0 unspecified atom stereocenters. The molecule has 0 saturated carbocycles. The van der Waals surface area contributed by atoms with Crippen LogP contribution in [0.5, 0.6) is 0 Å². The van der Waals surface area contributed by atoms with Gasteiger partial charge in [0, 0.05) is 23.2 Å². The van der Waals surface area contributed by atoms with E-state index in [9.17, 15) is 0 Å². The number of rotatable bonds is 0. The van der Waals surface area contributed by atoms with Gasteiger partial charge in [0.1, 0.15) is 0 Å². The molecule has 19 heavy (non-hydrogen) atoms. The van der Waals surface area contributed by atoms with Crippen molar-refractivity contribution in [2.24, 2.45) is 0 Å². The lowest BCUT2D eigenvalue weighted by Gasteiger charge is -1.84. The molecule has 3 aromatic heterocycles. The van der Waals surface area contributed by atoms with Crippen molar-refractivity contribution in [3.63, 3.8) is 0 Å². The molecule has 0 aliphatic carbocycles. The Morgan fingerprint density at radius 2 is 1.05 bits per heavy atom. The third-order valence-electron chi connectivity index (χ3n) is 2.08. The first kappa shape index (κ1) is 17.1. The Kier molecular flexibility index (Phi) is 9.06. The maximum atomic E-state index is 5.53. The largest absolute Gasteiger partial charge is 0.453 e. The number of hydrogen-bond donors (Lipinski definition) is 0. The summed E-state index contributed by atoms with van der Waals surface area (Å²) in [5.74, 6) is 0. The highest BCUT2D eigenvalue weighted by Gasteiger charge is 2.04. The summed E-state index contributed by atoms with van der Waals surface area (Å²) in [6.45, 7) is 12.0. The zero-order valence-electron chi connectivity index (χ0n) is 12.8. The fourth-order valence-corrected chi connectivity index (χ4v) is 1.49. The SMILES string of the molecule is CC.CC.CC.c1cc2c(cn1)oc1cnccc12. The van der Waals surface area contributed by atoms with Crippen molar-refractivity contribution in [2.75, 3.05) is 0 Å². The number of nitrogens with zero attached hydrogens (tertiary/aromatic N) is 2. The van der Waals surface area contributed by atoms with Gasteiger partial charge in [-0.3, -0.25) is 9.97 Å². The quantitative estimate of drug-likeness (QED) is 0.539. The molecular weight excluding hydrogens is 236 g/mol. The van der Waals surface area contributed by atoms with E-state index in [1.807, 2.05) is 53.7 Å². The molecule has 3 heteroatoms. The van der Waals surface area contributed by atoms with Crippen LogP contribution in [0.2, 0.25) is 0 Å². The minimum atomic E-state index is 0.811. The Morgan fingerprint density at radius 3 is 1.42 bits per heavy atom. The number of pyridine rings is 2. The van der Waals surface area contributed by atoms with E-state index in [2.05, 4.69) is 9.97 Å². The van der Waals surface area contributed by atoms with Crippen LogP contribution in [0, 0.1) is 0 Å². The molecule has 3 nitrogen and oxygen atoms in total. The van der Waals surface area contributed by atoms with Gasteiger partial charge in [0.25, 0.3) is 0 Å². The van der Waals surface area contributed by atoms with Gasteiger partial charge in [-0.15, -0.1) is 0 Å². The molecule has 0 atom stereocenters. The normalized spacial score (nSPS) is 8.53. The van der Waals surface area contributed by atoms with Crippen LogP contribution in [0.15, 0.2) is 41.3 Å². The summed E-state index contributed by atoms with van der Waals surface area (Å²) in [5, 5.41) is 2.18. The molecule has 0 aliphatic heterocycles. The molecule has 3 heterocycles. The molecule has 0 saturated heterocycles. The molecule has 0 aromatic carbocycles. The van der Waals surface area contributed by atoms with Crippen LogP contribution in [0.4, 0.5) is 0 Å². The Bertz CT molecular complexity index is 523. The fourth-order valence-electron chi connectivity index (χ4n) is 1.49. The predicted molar refractivity (Wildman–Crippen MR) is 83.4 cm³/mol. The van der Waals surface area contributed by atoms with Gasteiger partial charge in [-0.2, -0.15) is 0 Å². The van der Waals surface area contributed by atoms with Crippen LogP contribution in [-0.2, 0) is 0 Å². The Morgan fingerprint density at radius 1 is 0.684 bits per heavy atom. The van der Waals surface area contributed by atoms with Crippen molar-refractivity contribution < 1.29 is 4.42 Å². The van der Waals surface area contributed by atoms with E-state index in [1.54, 1.807) is 24.8 Å². The molecule has 0 N–H and O–H groups in total. The molecule has 3 aromatic rings. The first-order chi connectivity index (χ1) is 9.45. The Hall–Kier alpha value is -1.90. The van der Waals surface area contributed by atoms with Crippen LogP contribution in [-0.4, -0.2) is 9.97 Å². The van der Waals surface area contributed by atoms with E-state index in [4.69, 9.17) is 4.42 Å². The van der Waals surface area contributed by atoms with Gasteiger partial charge >= 0.3 is 0 Å². The van der Waals surface area contributed by atoms with Crippen molar-refractivity contribution in [2.45, 2.75) is 41.5 Å². The highest BCUT2D eigenvalue weighted by atomic mass is 16.3. The highest BCUT2D eigenvalue weighted by molar-refractivity contribution is 6.03. The van der Waals surface area contributed by atoms with Gasteiger partial charge < -0.3 is 4.42 Å². The maximum Gasteiger partial charge on any atom is 0.153 e.